The van der Waals surface area contributed by atoms with Crippen LogP contribution in [-0.4, -0.2) is 58.2 Å². The molecule has 5 N–H and O–H groups in total. The van der Waals surface area contributed by atoms with E-state index in [9.17, 15) is 10.2 Å². The number of halogens is 1. The number of hydroxylamine groups is 2. The van der Waals surface area contributed by atoms with Crippen molar-refractivity contribution in [1.29, 1.82) is 0 Å². The number of benzene rings is 3. The summed E-state index contributed by atoms with van der Waals surface area (Å²) in [4.78, 5) is 9.57. The van der Waals surface area contributed by atoms with Gasteiger partial charge in [0.1, 0.15) is 6.10 Å². The maximum Gasteiger partial charge on any atom is 0.112 e. The van der Waals surface area contributed by atoms with Crippen molar-refractivity contribution in [2.24, 2.45) is 5.92 Å². The fourth-order valence-electron chi connectivity index (χ4n) is 5.40. The SMILES string of the molecule is Cc1ccc(C#Cc2ccc(CN3O[C@H]([C@@H](C)O)[C@H](CO)[C@@H]3C[NH2+]CCc3c[nH]c4ccccc34)cc2)cc1.[Cl-]. The second-order valence-electron chi connectivity index (χ2n) is 10.5. The minimum absolute atomic E-state index is 0. The van der Waals surface area contributed by atoms with Gasteiger partial charge in [0.25, 0.3) is 0 Å². The molecule has 40 heavy (non-hydrogen) atoms. The number of rotatable bonds is 9. The standard InChI is InChI=1S/C33H37N3O3.ClH/c1-23-7-9-25(10-8-23)11-12-26-13-15-27(16-14-26)21-36-32(30(22-37)33(39-36)24(2)38)20-34-18-17-28-19-35-31-6-4-3-5-29(28)31;/h3-10,13-16,19,24,30,32-35,37-38H,17-18,20-22H2,1-2H3;1H/t24-,30-,32+,33-;/m1./s1. The van der Waals surface area contributed by atoms with E-state index >= 15 is 0 Å². The van der Waals surface area contributed by atoms with Gasteiger partial charge >= 0.3 is 0 Å². The second-order valence-corrected chi connectivity index (χ2v) is 10.5. The van der Waals surface area contributed by atoms with Gasteiger partial charge < -0.3 is 32.9 Å². The normalized spacial score (nSPS) is 19.6. The molecule has 1 saturated heterocycles. The summed E-state index contributed by atoms with van der Waals surface area (Å²) in [5.41, 5.74) is 6.75. The quantitative estimate of drug-likeness (QED) is 0.174. The molecular formula is C33H38ClN3O3. The highest BCUT2D eigenvalue weighted by Gasteiger charge is 2.45. The molecule has 0 radical (unpaired) electrons. The van der Waals surface area contributed by atoms with E-state index in [2.05, 4.69) is 77.7 Å². The van der Waals surface area contributed by atoms with Gasteiger partial charge in [0.2, 0.25) is 0 Å². The van der Waals surface area contributed by atoms with E-state index in [1.54, 1.807) is 6.92 Å². The van der Waals surface area contributed by atoms with Gasteiger partial charge in [0, 0.05) is 47.1 Å². The molecule has 1 aromatic heterocycles. The zero-order chi connectivity index (χ0) is 27.2. The Balaban J connectivity index is 0.00000370. The van der Waals surface area contributed by atoms with Gasteiger partial charge in [-0.25, -0.2) is 0 Å². The van der Waals surface area contributed by atoms with Crippen LogP contribution in [-0.2, 0) is 17.8 Å². The van der Waals surface area contributed by atoms with Crippen LogP contribution < -0.4 is 17.7 Å². The van der Waals surface area contributed by atoms with Crippen molar-refractivity contribution in [3.63, 3.8) is 0 Å². The molecule has 1 fully saturated rings. The molecule has 3 aromatic carbocycles. The third kappa shape index (κ3) is 7.13. The van der Waals surface area contributed by atoms with Crippen LogP contribution in [0.4, 0.5) is 0 Å². The van der Waals surface area contributed by atoms with Gasteiger partial charge in [-0.1, -0.05) is 59.9 Å². The molecule has 4 atom stereocenters. The van der Waals surface area contributed by atoms with Crippen molar-refractivity contribution in [2.75, 3.05) is 19.7 Å². The first-order chi connectivity index (χ1) is 19.0. The average Bonchev–Trinajstić information content (AvgIpc) is 3.52. The lowest BCUT2D eigenvalue weighted by atomic mass is 9.92. The summed E-state index contributed by atoms with van der Waals surface area (Å²) in [5.74, 6) is 6.30. The molecule has 210 valence electrons. The molecule has 5 rings (SSSR count). The van der Waals surface area contributed by atoms with E-state index in [0.29, 0.717) is 6.54 Å². The number of aliphatic hydroxyl groups excluding tert-OH is 2. The highest BCUT2D eigenvalue weighted by molar-refractivity contribution is 5.83. The predicted octanol–water partition coefficient (Wildman–Crippen LogP) is 0.160. The Morgan fingerprint density at radius 2 is 1.68 bits per heavy atom. The Labute approximate surface area is 242 Å². The van der Waals surface area contributed by atoms with E-state index in [1.165, 1.54) is 16.5 Å². The zero-order valence-electron chi connectivity index (χ0n) is 23.1. The summed E-state index contributed by atoms with van der Waals surface area (Å²) in [6.07, 6.45) is 1.95. The first-order valence-electron chi connectivity index (χ1n) is 13.8. The van der Waals surface area contributed by atoms with Crippen LogP contribution in [0.5, 0.6) is 0 Å². The van der Waals surface area contributed by atoms with E-state index in [0.717, 1.165) is 41.7 Å². The number of hydrogen-bond acceptors (Lipinski definition) is 4. The van der Waals surface area contributed by atoms with Crippen molar-refractivity contribution in [2.45, 2.75) is 45.1 Å². The third-order valence-electron chi connectivity index (χ3n) is 7.63. The molecule has 7 heteroatoms. The lowest BCUT2D eigenvalue weighted by Gasteiger charge is -2.23. The maximum absolute atomic E-state index is 10.4. The van der Waals surface area contributed by atoms with Crippen LogP contribution in [0, 0.1) is 24.7 Å². The van der Waals surface area contributed by atoms with Crippen molar-refractivity contribution in [1.82, 2.24) is 10.0 Å². The molecule has 1 aliphatic rings. The van der Waals surface area contributed by atoms with Crippen molar-refractivity contribution >= 4 is 10.9 Å². The monoisotopic (exact) mass is 559 g/mol. The highest BCUT2D eigenvalue weighted by Crippen LogP contribution is 2.30. The lowest BCUT2D eigenvalue weighted by molar-refractivity contribution is -0.660. The summed E-state index contributed by atoms with van der Waals surface area (Å²) in [5, 5.41) is 26.1. The topological polar surface area (TPSA) is 85.3 Å². The smallest absolute Gasteiger partial charge is 0.112 e. The van der Waals surface area contributed by atoms with Crippen molar-refractivity contribution < 1.29 is 32.8 Å². The predicted molar refractivity (Wildman–Crippen MR) is 154 cm³/mol. The van der Waals surface area contributed by atoms with Crippen LogP contribution >= 0.6 is 0 Å². The summed E-state index contributed by atoms with van der Waals surface area (Å²) in [7, 11) is 0. The fourth-order valence-corrected chi connectivity index (χ4v) is 5.40. The molecule has 2 heterocycles. The highest BCUT2D eigenvalue weighted by atomic mass is 35.5. The number of aryl methyl sites for hydroxylation is 1. The largest absolute Gasteiger partial charge is 1.00 e. The van der Waals surface area contributed by atoms with Gasteiger partial charge in [0.15, 0.2) is 0 Å². The number of para-hydroxylation sites is 1. The Kier molecular flexibility index (Phi) is 10.4. The first-order valence-corrected chi connectivity index (χ1v) is 13.8. The lowest BCUT2D eigenvalue weighted by Crippen LogP contribution is -3.00. The van der Waals surface area contributed by atoms with Gasteiger partial charge in [-0.3, -0.25) is 4.84 Å². The molecule has 0 spiro atoms. The molecular weight excluding hydrogens is 522 g/mol. The summed E-state index contributed by atoms with van der Waals surface area (Å²) < 4.78 is 0. The molecule has 0 saturated carbocycles. The van der Waals surface area contributed by atoms with Gasteiger partial charge in [-0.2, -0.15) is 5.06 Å². The van der Waals surface area contributed by atoms with E-state index in [1.807, 2.05) is 35.4 Å². The van der Waals surface area contributed by atoms with Crippen LogP contribution in [0.15, 0.2) is 79.0 Å². The average molecular weight is 560 g/mol. The van der Waals surface area contributed by atoms with Gasteiger partial charge in [-0.05, 0) is 55.3 Å². The van der Waals surface area contributed by atoms with Gasteiger partial charge in [0.05, 0.1) is 31.8 Å². The number of aromatic nitrogens is 1. The Bertz CT molecular complexity index is 1420. The Hall–Kier alpha value is -3.15. The number of fused-ring (bicyclic) bond motifs is 1. The molecule has 1 aliphatic heterocycles. The van der Waals surface area contributed by atoms with E-state index in [4.69, 9.17) is 4.84 Å². The molecule has 0 amide bonds. The summed E-state index contributed by atoms with van der Waals surface area (Å²) in [6, 6.07) is 24.8. The van der Waals surface area contributed by atoms with Crippen molar-refractivity contribution in [3.8, 4) is 11.8 Å². The van der Waals surface area contributed by atoms with Gasteiger partial charge in [-0.15, -0.1) is 0 Å². The fraction of sp³-hybridized carbons (Fsp3) is 0.333. The Morgan fingerprint density at radius 1 is 1.00 bits per heavy atom. The second kappa shape index (κ2) is 14.0. The minimum atomic E-state index is -0.666. The van der Waals surface area contributed by atoms with Crippen LogP contribution in [0.3, 0.4) is 0 Å². The zero-order valence-corrected chi connectivity index (χ0v) is 23.8. The van der Waals surface area contributed by atoms with Crippen LogP contribution in [0.2, 0.25) is 0 Å². The molecule has 0 aliphatic carbocycles. The molecule has 6 nitrogen and oxygen atoms in total. The van der Waals surface area contributed by atoms with E-state index < -0.39 is 12.2 Å². The molecule has 0 bridgehead atoms. The maximum atomic E-state index is 10.4. The van der Waals surface area contributed by atoms with Crippen LogP contribution in [0.25, 0.3) is 10.9 Å². The Morgan fingerprint density at radius 3 is 2.35 bits per heavy atom. The number of nitrogens with two attached hydrogens (primary N) is 1. The number of quaternary nitrogens is 1. The first kappa shape index (κ1) is 29.8. The van der Waals surface area contributed by atoms with Crippen LogP contribution in [0.1, 0.15) is 34.7 Å². The summed E-state index contributed by atoms with van der Waals surface area (Å²) in [6.45, 7) is 6.05. The number of aliphatic hydroxyl groups is 2. The molecule has 4 aromatic rings. The number of aromatic amines is 1. The number of nitrogens with zero attached hydrogens (tertiary/aromatic N) is 1. The van der Waals surface area contributed by atoms with E-state index in [-0.39, 0.29) is 31.0 Å². The summed E-state index contributed by atoms with van der Waals surface area (Å²) >= 11 is 0. The number of H-pyrrole nitrogens is 1. The number of hydrogen-bond donors (Lipinski definition) is 4. The minimum Gasteiger partial charge on any atom is -1.00 e. The van der Waals surface area contributed by atoms with Crippen molar-refractivity contribution in [3.05, 3.63) is 107 Å². The third-order valence-corrected chi connectivity index (χ3v) is 7.63. The molecule has 0 unspecified atom stereocenters. The number of nitrogens with one attached hydrogen (secondary N) is 1.